The fraction of sp³-hybridized carbons (Fsp3) is 0.400. The molecule has 6 nitrogen and oxygen atoms in total. The molecule has 0 bridgehead atoms. The number of fused-ring (bicyclic) bond motifs is 3. The molecule has 0 unspecified atom stereocenters. The second kappa shape index (κ2) is 11.3. The van der Waals surface area contributed by atoms with E-state index in [4.69, 9.17) is 0 Å². The third-order valence-corrected chi connectivity index (χ3v) is 8.23. The summed E-state index contributed by atoms with van der Waals surface area (Å²) < 4.78 is 0. The van der Waals surface area contributed by atoms with Gasteiger partial charge in [0, 0.05) is 60.2 Å². The first-order valence-corrected chi connectivity index (χ1v) is 14.3. The zero-order valence-corrected chi connectivity index (χ0v) is 23.2. The molecule has 0 spiro atoms. The Hall–Kier alpha value is -2.87. The summed E-state index contributed by atoms with van der Waals surface area (Å²) in [6.07, 6.45) is 2.84. The van der Waals surface area contributed by atoms with E-state index < -0.39 is 0 Å². The van der Waals surface area contributed by atoms with Crippen molar-refractivity contribution in [3.63, 3.8) is 0 Å². The van der Waals surface area contributed by atoms with Crippen molar-refractivity contribution in [2.75, 3.05) is 52.1 Å². The standard InChI is InChI=1S/C30H37N5OS/c1-5-37-23-9-6-8-22(17-23)25-18-24(30(36)31-10-7-11-35-14-12-34(4)13-15-35)21(3)28-27(25)26-16-20(2)19-32-29(26)33-28/h6,8-9,16-19H,5,7,10-15H2,1-4H3,(H,31,36)(H,32,33). The second-order valence-electron chi connectivity index (χ2n) is 10.1. The van der Waals surface area contributed by atoms with Gasteiger partial charge in [-0.15, -0.1) is 11.8 Å². The molecule has 0 radical (unpaired) electrons. The number of hydrogen-bond acceptors (Lipinski definition) is 5. The molecule has 1 aliphatic heterocycles. The van der Waals surface area contributed by atoms with Gasteiger partial charge in [-0.25, -0.2) is 4.98 Å². The van der Waals surface area contributed by atoms with Crippen LogP contribution in [0.25, 0.3) is 33.1 Å². The number of thioether (sulfide) groups is 1. The lowest BCUT2D eigenvalue weighted by atomic mass is 9.93. The Labute approximate surface area is 223 Å². The molecule has 1 amide bonds. The van der Waals surface area contributed by atoms with Crippen LogP contribution in [0, 0.1) is 13.8 Å². The van der Waals surface area contributed by atoms with Gasteiger partial charge >= 0.3 is 0 Å². The van der Waals surface area contributed by atoms with E-state index in [9.17, 15) is 4.79 Å². The van der Waals surface area contributed by atoms with E-state index in [2.05, 4.69) is 82.4 Å². The lowest BCUT2D eigenvalue weighted by Crippen LogP contribution is -2.45. The Balaban J connectivity index is 1.47. The molecular weight excluding hydrogens is 478 g/mol. The fourth-order valence-corrected chi connectivity index (χ4v) is 5.97. The van der Waals surface area contributed by atoms with Crippen LogP contribution in [0.4, 0.5) is 0 Å². The zero-order valence-electron chi connectivity index (χ0n) is 22.4. The molecule has 4 aromatic rings. The number of aromatic amines is 1. The second-order valence-corrected chi connectivity index (χ2v) is 11.4. The summed E-state index contributed by atoms with van der Waals surface area (Å²) in [7, 11) is 2.17. The van der Waals surface area contributed by atoms with Crippen LogP contribution in [-0.4, -0.2) is 77.7 Å². The molecule has 2 aromatic heterocycles. The topological polar surface area (TPSA) is 64.3 Å². The van der Waals surface area contributed by atoms with E-state index >= 15 is 0 Å². The van der Waals surface area contributed by atoms with Crippen molar-refractivity contribution >= 4 is 39.6 Å². The smallest absolute Gasteiger partial charge is 0.251 e. The van der Waals surface area contributed by atoms with Crippen molar-refractivity contribution in [1.29, 1.82) is 0 Å². The summed E-state index contributed by atoms with van der Waals surface area (Å²) in [4.78, 5) is 27.7. The number of carbonyl (C=O) groups is 1. The number of benzene rings is 2. The van der Waals surface area contributed by atoms with Crippen molar-refractivity contribution < 1.29 is 4.79 Å². The first kappa shape index (κ1) is 25.8. The Morgan fingerprint density at radius 3 is 2.73 bits per heavy atom. The maximum Gasteiger partial charge on any atom is 0.251 e. The number of nitrogens with zero attached hydrogens (tertiary/aromatic N) is 3. The molecule has 2 aromatic carbocycles. The predicted octanol–water partition coefficient (Wildman–Crippen LogP) is 5.48. The van der Waals surface area contributed by atoms with E-state index in [-0.39, 0.29) is 5.91 Å². The quantitative estimate of drug-likeness (QED) is 0.240. The van der Waals surface area contributed by atoms with Crippen molar-refractivity contribution in [2.24, 2.45) is 0 Å². The van der Waals surface area contributed by atoms with E-state index in [0.717, 1.165) is 94.7 Å². The molecule has 0 atom stereocenters. The molecular formula is C30H37N5OS. The van der Waals surface area contributed by atoms with Crippen LogP contribution in [0.15, 0.2) is 47.5 Å². The average Bonchev–Trinajstić information content (AvgIpc) is 3.27. The van der Waals surface area contributed by atoms with Crippen molar-refractivity contribution in [3.8, 4) is 11.1 Å². The van der Waals surface area contributed by atoms with Gasteiger partial charge in [0.15, 0.2) is 0 Å². The lowest BCUT2D eigenvalue weighted by Gasteiger charge is -2.32. The summed E-state index contributed by atoms with van der Waals surface area (Å²) >= 11 is 1.83. The number of H-pyrrole nitrogens is 1. The number of aromatic nitrogens is 2. The average molecular weight is 516 g/mol. The number of piperazine rings is 1. The Bertz CT molecular complexity index is 1420. The Morgan fingerprint density at radius 1 is 1.14 bits per heavy atom. The number of aryl methyl sites for hydroxylation is 2. The van der Waals surface area contributed by atoms with Gasteiger partial charge in [0.2, 0.25) is 0 Å². The lowest BCUT2D eigenvalue weighted by molar-refractivity contribution is 0.0949. The number of pyridine rings is 1. The summed E-state index contributed by atoms with van der Waals surface area (Å²) in [6.45, 7) is 12.4. The first-order valence-electron chi connectivity index (χ1n) is 13.3. The number of likely N-dealkylation sites (N-methyl/N-ethyl adjacent to an activating group) is 1. The summed E-state index contributed by atoms with van der Waals surface area (Å²) in [5.41, 5.74) is 6.84. The fourth-order valence-electron chi connectivity index (χ4n) is 5.25. The summed E-state index contributed by atoms with van der Waals surface area (Å²) in [5, 5.41) is 5.43. The number of rotatable bonds is 8. The maximum absolute atomic E-state index is 13.5. The monoisotopic (exact) mass is 515 g/mol. The molecule has 37 heavy (non-hydrogen) atoms. The van der Waals surface area contributed by atoms with Crippen molar-refractivity contribution in [3.05, 3.63) is 59.3 Å². The number of hydrogen-bond donors (Lipinski definition) is 2. The molecule has 1 fully saturated rings. The van der Waals surface area contributed by atoms with Crippen molar-refractivity contribution in [2.45, 2.75) is 32.1 Å². The minimum atomic E-state index is -0.0130. The summed E-state index contributed by atoms with van der Waals surface area (Å²) in [5.74, 6) is 1.01. The highest BCUT2D eigenvalue weighted by atomic mass is 32.2. The first-order chi connectivity index (χ1) is 17.9. The highest BCUT2D eigenvalue weighted by Crippen LogP contribution is 2.38. The third-order valence-electron chi connectivity index (χ3n) is 7.36. The zero-order chi connectivity index (χ0) is 25.9. The van der Waals surface area contributed by atoms with Gasteiger partial charge in [0.05, 0.1) is 5.52 Å². The molecule has 1 saturated heterocycles. The van der Waals surface area contributed by atoms with Gasteiger partial charge in [0.1, 0.15) is 5.65 Å². The Morgan fingerprint density at radius 2 is 1.95 bits per heavy atom. The van der Waals surface area contributed by atoms with E-state index in [1.54, 1.807) is 0 Å². The highest BCUT2D eigenvalue weighted by Gasteiger charge is 2.20. The molecule has 3 heterocycles. The minimum absolute atomic E-state index is 0.0130. The van der Waals surface area contributed by atoms with Crippen LogP contribution in [0.2, 0.25) is 0 Å². The van der Waals surface area contributed by atoms with Crippen LogP contribution in [-0.2, 0) is 0 Å². The third kappa shape index (κ3) is 5.54. The SMILES string of the molecule is CCSc1cccc(-c2cc(C(=O)NCCCN3CCN(C)CC3)c(C)c3[nH]c4ncc(C)cc4c23)c1. The van der Waals surface area contributed by atoms with Crippen molar-refractivity contribution in [1.82, 2.24) is 25.1 Å². The molecule has 1 aliphatic rings. The van der Waals surface area contributed by atoms with Crippen LogP contribution < -0.4 is 5.32 Å². The number of carbonyl (C=O) groups excluding carboxylic acids is 1. The predicted molar refractivity (Wildman–Crippen MR) is 156 cm³/mol. The van der Waals surface area contributed by atoms with Crippen LogP contribution in [0.5, 0.6) is 0 Å². The highest BCUT2D eigenvalue weighted by molar-refractivity contribution is 7.99. The molecule has 0 saturated carbocycles. The molecule has 7 heteroatoms. The molecule has 0 aliphatic carbocycles. The van der Waals surface area contributed by atoms with Gasteiger partial charge in [-0.05, 0) is 86.1 Å². The van der Waals surface area contributed by atoms with Gasteiger partial charge in [-0.3, -0.25) is 4.79 Å². The van der Waals surface area contributed by atoms with Gasteiger partial charge < -0.3 is 20.1 Å². The van der Waals surface area contributed by atoms with Gasteiger partial charge in [-0.1, -0.05) is 19.1 Å². The molecule has 2 N–H and O–H groups in total. The normalized spacial score (nSPS) is 15.0. The number of nitrogens with one attached hydrogen (secondary N) is 2. The Kier molecular flexibility index (Phi) is 7.84. The summed E-state index contributed by atoms with van der Waals surface area (Å²) in [6, 6.07) is 12.9. The molecule has 194 valence electrons. The largest absolute Gasteiger partial charge is 0.352 e. The number of amides is 1. The molecule has 5 rings (SSSR count). The van der Waals surface area contributed by atoms with Crippen LogP contribution >= 0.6 is 11.8 Å². The van der Waals surface area contributed by atoms with E-state index in [1.807, 2.05) is 24.9 Å². The van der Waals surface area contributed by atoms with E-state index in [1.165, 1.54) is 4.90 Å². The van der Waals surface area contributed by atoms with Gasteiger partial charge in [0.25, 0.3) is 5.91 Å². The van der Waals surface area contributed by atoms with E-state index in [0.29, 0.717) is 6.54 Å². The van der Waals surface area contributed by atoms with Gasteiger partial charge in [-0.2, -0.15) is 0 Å². The van der Waals surface area contributed by atoms with Crippen LogP contribution in [0.1, 0.15) is 34.8 Å². The minimum Gasteiger partial charge on any atom is -0.352 e. The maximum atomic E-state index is 13.5. The van der Waals surface area contributed by atoms with Crippen LogP contribution in [0.3, 0.4) is 0 Å².